The van der Waals surface area contributed by atoms with Gasteiger partial charge < -0.3 is 4.74 Å². The molecule has 0 aromatic heterocycles. The van der Waals surface area contributed by atoms with E-state index in [0.29, 0.717) is 5.56 Å². The highest BCUT2D eigenvalue weighted by Gasteiger charge is 2.04. The Labute approximate surface area is 182 Å². The lowest BCUT2D eigenvalue weighted by atomic mass is 10.1. The molecular formula is C25H26N2O2S. The molecule has 0 spiro atoms. The van der Waals surface area contributed by atoms with Crippen LogP contribution in [0.2, 0.25) is 0 Å². The van der Waals surface area contributed by atoms with Gasteiger partial charge in [-0.2, -0.15) is 5.10 Å². The topological polar surface area (TPSA) is 50.7 Å². The fourth-order valence-corrected chi connectivity index (χ4v) is 3.53. The van der Waals surface area contributed by atoms with E-state index < -0.39 is 0 Å². The molecule has 3 rings (SSSR count). The van der Waals surface area contributed by atoms with Gasteiger partial charge in [0.05, 0.1) is 12.8 Å². The van der Waals surface area contributed by atoms with E-state index in [1.807, 2.05) is 66.7 Å². The van der Waals surface area contributed by atoms with E-state index in [1.165, 1.54) is 10.5 Å². The van der Waals surface area contributed by atoms with Crippen LogP contribution in [0.5, 0.6) is 5.75 Å². The van der Waals surface area contributed by atoms with Crippen LogP contribution in [0.25, 0.3) is 0 Å². The van der Waals surface area contributed by atoms with Crippen molar-refractivity contribution in [2.75, 3.05) is 6.61 Å². The van der Waals surface area contributed by atoms with E-state index in [-0.39, 0.29) is 5.91 Å². The quantitative estimate of drug-likeness (QED) is 0.192. The third-order valence-corrected chi connectivity index (χ3v) is 5.47. The smallest absolute Gasteiger partial charge is 0.271 e. The molecule has 5 heteroatoms. The Balaban J connectivity index is 1.46. The van der Waals surface area contributed by atoms with Crippen molar-refractivity contribution in [1.82, 2.24) is 5.43 Å². The van der Waals surface area contributed by atoms with Crippen molar-refractivity contribution in [3.63, 3.8) is 0 Å². The fraction of sp³-hybridized carbons (Fsp3) is 0.200. The number of nitrogens with zero attached hydrogens (tertiary/aromatic N) is 1. The van der Waals surface area contributed by atoms with Gasteiger partial charge in [0.2, 0.25) is 0 Å². The zero-order chi connectivity index (χ0) is 21.0. The first kappa shape index (κ1) is 21.7. The Morgan fingerprint density at radius 2 is 1.73 bits per heavy atom. The second kappa shape index (κ2) is 11.8. The predicted molar refractivity (Wildman–Crippen MR) is 124 cm³/mol. The van der Waals surface area contributed by atoms with Crippen molar-refractivity contribution in [2.24, 2.45) is 5.10 Å². The van der Waals surface area contributed by atoms with Gasteiger partial charge in [-0.05, 0) is 66.1 Å². The van der Waals surface area contributed by atoms with Crippen molar-refractivity contribution in [3.8, 4) is 5.75 Å². The molecule has 3 aromatic rings. The molecule has 1 N–H and O–H groups in total. The number of hydrogen-bond donors (Lipinski definition) is 1. The average Bonchev–Trinajstić information content (AvgIpc) is 2.80. The lowest BCUT2D eigenvalue weighted by Gasteiger charge is -2.05. The minimum atomic E-state index is -0.229. The maximum Gasteiger partial charge on any atom is 0.271 e. The number of carbonyl (C=O) groups excluding carboxylic acids is 1. The molecule has 0 saturated heterocycles. The van der Waals surface area contributed by atoms with Gasteiger partial charge in [0, 0.05) is 16.2 Å². The molecule has 0 aliphatic rings. The summed E-state index contributed by atoms with van der Waals surface area (Å²) in [4.78, 5) is 13.5. The minimum absolute atomic E-state index is 0.229. The molecule has 0 fully saturated rings. The summed E-state index contributed by atoms with van der Waals surface area (Å²) >= 11 is 1.77. The van der Waals surface area contributed by atoms with Gasteiger partial charge in [0.15, 0.2) is 0 Å². The summed E-state index contributed by atoms with van der Waals surface area (Å²) in [5.41, 5.74) is 5.23. The molecular weight excluding hydrogens is 392 g/mol. The maximum atomic E-state index is 12.3. The summed E-state index contributed by atoms with van der Waals surface area (Å²) in [5, 5.41) is 4.05. The highest BCUT2D eigenvalue weighted by Crippen LogP contribution is 2.22. The summed E-state index contributed by atoms with van der Waals surface area (Å²) in [5.74, 6) is 1.48. The highest BCUT2D eigenvalue weighted by atomic mass is 32.2. The normalized spacial score (nSPS) is 10.8. The summed E-state index contributed by atoms with van der Waals surface area (Å²) in [6, 6.07) is 25.5. The summed E-state index contributed by atoms with van der Waals surface area (Å²) in [6.07, 6.45) is 3.78. The lowest BCUT2D eigenvalue weighted by molar-refractivity contribution is 0.0955. The number of rotatable bonds is 10. The van der Waals surface area contributed by atoms with Crippen LogP contribution in [0.4, 0.5) is 0 Å². The van der Waals surface area contributed by atoms with Gasteiger partial charge in [-0.3, -0.25) is 4.79 Å². The Bertz CT molecular complexity index is 939. The molecule has 1 amide bonds. The van der Waals surface area contributed by atoms with Crippen molar-refractivity contribution >= 4 is 23.9 Å². The predicted octanol–water partition coefficient (Wildman–Crippen LogP) is 5.92. The number of amides is 1. The van der Waals surface area contributed by atoms with E-state index in [1.54, 1.807) is 18.0 Å². The number of nitrogens with one attached hydrogen (secondary N) is 1. The Morgan fingerprint density at radius 3 is 2.43 bits per heavy atom. The molecule has 0 atom stereocenters. The van der Waals surface area contributed by atoms with Crippen LogP contribution >= 0.6 is 11.8 Å². The third kappa shape index (κ3) is 7.08. The third-order valence-electron chi connectivity index (χ3n) is 4.39. The van der Waals surface area contributed by atoms with Crippen molar-refractivity contribution in [1.29, 1.82) is 0 Å². The SMILES string of the molecule is CCCCOc1ccc(/C=N\NC(=O)c2ccc(CSc3ccccc3)cc2)cc1. The number of carbonyl (C=O) groups is 1. The summed E-state index contributed by atoms with van der Waals surface area (Å²) in [7, 11) is 0. The minimum Gasteiger partial charge on any atom is -0.494 e. The molecule has 0 aliphatic heterocycles. The van der Waals surface area contributed by atoms with Crippen molar-refractivity contribution in [3.05, 3.63) is 95.6 Å². The molecule has 30 heavy (non-hydrogen) atoms. The first-order chi connectivity index (χ1) is 14.7. The number of hydrazone groups is 1. The van der Waals surface area contributed by atoms with Crippen LogP contribution in [-0.4, -0.2) is 18.7 Å². The molecule has 0 bridgehead atoms. The second-order valence-electron chi connectivity index (χ2n) is 6.77. The van der Waals surface area contributed by atoms with Crippen molar-refractivity contribution < 1.29 is 9.53 Å². The zero-order valence-electron chi connectivity index (χ0n) is 17.1. The van der Waals surface area contributed by atoms with Gasteiger partial charge in [0.25, 0.3) is 5.91 Å². The second-order valence-corrected chi connectivity index (χ2v) is 7.82. The molecule has 4 nitrogen and oxygen atoms in total. The highest BCUT2D eigenvalue weighted by molar-refractivity contribution is 7.98. The van der Waals surface area contributed by atoms with E-state index in [2.05, 4.69) is 29.6 Å². The molecule has 3 aromatic carbocycles. The van der Waals surface area contributed by atoms with Crippen LogP contribution in [0.3, 0.4) is 0 Å². The zero-order valence-corrected chi connectivity index (χ0v) is 17.9. The van der Waals surface area contributed by atoms with Crippen LogP contribution in [0.1, 0.15) is 41.3 Å². The molecule has 0 unspecified atom stereocenters. The van der Waals surface area contributed by atoms with Crippen LogP contribution in [0.15, 0.2) is 88.9 Å². The van der Waals surface area contributed by atoms with E-state index >= 15 is 0 Å². The van der Waals surface area contributed by atoms with E-state index in [4.69, 9.17) is 4.74 Å². The first-order valence-electron chi connectivity index (χ1n) is 10.1. The Morgan fingerprint density at radius 1 is 1.00 bits per heavy atom. The number of hydrogen-bond acceptors (Lipinski definition) is 4. The maximum absolute atomic E-state index is 12.3. The Hall–Kier alpha value is -3.05. The number of ether oxygens (including phenoxy) is 1. The van der Waals surface area contributed by atoms with Crippen LogP contribution < -0.4 is 10.2 Å². The Kier molecular flexibility index (Phi) is 8.54. The van der Waals surface area contributed by atoms with Crippen molar-refractivity contribution in [2.45, 2.75) is 30.4 Å². The lowest BCUT2D eigenvalue weighted by Crippen LogP contribution is -2.17. The molecule has 154 valence electrons. The average molecular weight is 419 g/mol. The number of unbranched alkanes of at least 4 members (excludes halogenated alkanes) is 1. The van der Waals surface area contributed by atoms with Crippen LogP contribution in [-0.2, 0) is 5.75 Å². The molecule has 0 aliphatic carbocycles. The summed E-state index contributed by atoms with van der Waals surface area (Å²) in [6.45, 7) is 2.86. The van der Waals surface area contributed by atoms with Gasteiger partial charge in [-0.25, -0.2) is 5.43 Å². The van der Waals surface area contributed by atoms with Gasteiger partial charge in [-0.1, -0.05) is 43.7 Å². The monoisotopic (exact) mass is 418 g/mol. The number of thioether (sulfide) groups is 1. The van der Waals surface area contributed by atoms with E-state index in [0.717, 1.165) is 36.5 Å². The van der Waals surface area contributed by atoms with Gasteiger partial charge >= 0.3 is 0 Å². The van der Waals surface area contributed by atoms with Gasteiger partial charge in [0.1, 0.15) is 5.75 Å². The summed E-state index contributed by atoms with van der Waals surface area (Å²) < 4.78 is 5.64. The van der Waals surface area contributed by atoms with E-state index in [9.17, 15) is 4.79 Å². The molecule has 0 radical (unpaired) electrons. The van der Waals surface area contributed by atoms with Crippen LogP contribution in [0, 0.1) is 0 Å². The standard InChI is InChI=1S/C25H26N2O2S/c1-2-3-17-29-23-15-11-20(12-16-23)18-26-27-25(28)22-13-9-21(10-14-22)19-30-24-7-5-4-6-8-24/h4-16,18H,2-3,17,19H2,1H3,(H,27,28)/b26-18-. The first-order valence-corrected chi connectivity index (χ1v) is 11.1. The van der Waals surface area contributed by atoms with Gasteiger partial charge in [-0.15, -0.1) is 11.8 Å². The fourth-order valence-electron chi connectivity index (χ4n) is 2.65. The number of benzene rings is 3. The molecule has 0 heterocycles. The molecule has 0 saturated carbocycles. The largest absolute Gasteiger partial charge is 0.494 e.